The highest BCUT2D eigenvalue weighted by molar-refractivity contribution is 5.49. The Morgan fingerprint density at radius 1 is 1.26 bits per heavy atom. The van der Waals surface area contributed by atoms with Gasteiger partial charge in [-0.25, -0.2) is 0 Å². The van der Waals surface area contributed by atoms with Crippen molar-refractivity contribution in [3.05, 3.63) is 28.3 Å². The van der Waals surface area contributed by atoms with E-state index < -0.39 is 0 Å². The van der Waals surface area contributed by atoms with Gasteiger partial charge in [-0.15, -0.1) is 0 Å². The van der Waals surface area contributed by atoms with Crippen LogP contribution < -0.4 is 21.5 Å². The molecule has 0 heterocycles. The molecule has 0 saturated carbocycles. The molecule has 1 rings (SSSR count). The van der Waals surface area contributed by atoms with E-state index in [1.807, 2.05) is 0 Å². The van der Waals surface area contributed by atoms with Crippen LogP contribution in [0.5, 0.6) is 5.75 Å². The van der Waals surface area contributed by atoms with Gasteiger partial charge in [0.15, 0.2) is 0 Å². The van der Waals surface area contributed by atoms with Crippen LogP contribution in [0.4, 0.5) is 0 Å². The smallest absolute Gasteiger partial charge is 0.124 e. The lowest BCUT2D eigenvalue weighted by molar-refractivity contribution is 0.408. The molecule has 1 aromatic carbocycles. The summed E-state index contributed by atoms with van der Waals surface area (Å²) >= 11 is 0. The molecular formula is C15H27N3O. The van der Waals surface area contributed by atoms with Crippen molar-refractivity contribution in [2.24, 2.45) is 11.5 Å². The van der Waals surface area contributed by atoms with Crippen LogP contribution in [-0.4, -0.2) is 32.8 Å². The van der Waals surface area contributed by atoms with Crippen molar-refractivity contribution < 1.29 is 4.74 Å². The van der Waals surface area contributed by atoms with Gasteiger partial charge in [0.1, 0.15) is 5.75 Å². The van der Waals surface area contributed by atoms with Crippen LogP contribution in [0.3, 0.4) is 0 Å². The second-order valence-corrected chi connectivity index (χ2v) is 5.09. The van der Waals surface area contributed by atoms with Gasteiger partial charge in [-0.3, -0.25) is 0 Å². The zero-order valence-electron chi connectivity index (χ0n) is 12.5. The topological polar surface area (TPSA) is 73.3 Å². The lowest BCUT2D eigenvalue weighted by atomic mass is 9.96. The lowest BCUT2D eigenvalue weighted by Gasteiger charge is -2.16. The number of benzene rings is 1. The van der Waals surface area contributed by atoms with Gasteiger partial charge in [0, 0.05) is 19.1 Å². The van der Waals surface area contributed by atoms with Crippen LogP contribution in [0, 0.1) is 20.8 Å². The van der Waals surface area contributed by atoms with Crippen molar-refractivity contribution in [1.29, 1.82) is 0 Å². The van der Waals surface area contributed by atoms with Crippen molar-refractivity contribution in [2.45, 2.75) is 33.2 Å². The summed E-state index contributed by atoms with van der Waals surface area (Å²) in [5, 5.41) is 3.34. The van der Waals surface area contributed by atoms with E-state index in [0.29, 0.717) is 6.54 Å². The summed E-state index contributed by atoms with van der Waals surface area (Å²) < 4.78 is 5.44. The zero-order chi connectivity index (χ0) is 14.4. The highest BCUT2D eigenvalue weighted by Gasteiger charge is 2.10. The van der Waals surface area contributed by atoms with E-state index in [4.69, 9.17) is 16.2 Å². The maximum atomic E-state index is 5.76. The molecule has 1 aromatic rings. The fourth-order valence-corrected chi connectivity index (χ4v) is 2.31. The minimum absolute atomic E-state index is 0.0421. The Kier molecular flexibility index (Phi) is 6.28. The molecule has 1 atom stereocenters. The molecule has 0 fully saturated rings. The molecule has 0 saturated heterocycles. The van der Waals surface area contributed by atoms with Crippen LogP contribution >= 0.6 is 0 Å². The van der Waals surface area contributed by atoms with Gasteiger partial charge in [0.05, 0.1) is 7.11 Å². The molecule has 1 unspecified atom stereocenters. The minimum atomic E-state index is 0.0421. The summed E-state index contributed by atoms with van der Waals surface area (Å²) in [6.07, 6.45) is 0.995. The summed E-state index contributed by atoms with van der Waals surface area (Å²) in [5.41, 5.74) is 16.4. The van der Waals surface area contributed by atoms with Crippen LogP contribution in [-0.2, 0) is 6.42 Å². The second-order valence-electron chi connectivity index (χ2n) is 5.09. The highest BCUT2D eigenvalue weighted by atomic mass is 16.5. The number of aryl methyl sites for hydroxylation is 1. The van der Waals surface area contributed by atoms with E-state index in [1.54, 1.807) is 7.11 Å². The second kappa shape index (κ2) is 7.48. The number of ether oxygens (including phenoxy) is 1. The fraction of sp³-hybridized carbons (Fsp3) is 0.600. The summed E-state index contributed by atoms with van der Waals surface area (Å²) in [5.74, 6) is 0.999. The van der Waals surface area contributed by atoms with Crippen molar-refractivity contribution in [3.63, 3.8) is 0 Å². The molecule has 5 N–H and O–H groups in total. The molecule has 4 heteroatoms. The molecule has 108 valence electrons. The maximum Gasteiger partial charge on any atom is 0.124 e. The number of methoxy groups -OCH3 is 1. The van der Waals surface area contributed by atoms with Crippen molar-refractivity contribution in [1.82, 2.24) is 5.32 Å². The molecule has 19 heavy (non-hydrogen) atoms. The zero-order valence-corrected chi connectivity index (χ0v) is 12.5. The van der Waals surface area contributed by atoms with Gasteiger partial charge < -0.3 is 21.5 Å². The molecule has 4 nitrogen and oxygen atoms in total. The van der Waals surface area contributed by atoms with Crippen molar-refractivity contribution in [3.8, 4) is 5.75 Å². The molecule has 0 aliphatic heterocycles. The molecule has 0 amide bonds. The van der Waals surface area contributed by atoms with Crippen molar-refractivity contribution in [2.75, 3.05) is 26.7 Å². The monoisotopic (exact) mass is 265 g/mol. The van der Waals surface area contributed by atoms with Crippen LogP contribution in [0.25, 0.3) is 0 Å². The van der Waals surface area contributed by atoms with Crippen LogP contribution in [0.15, 0.2) is 6.07 Å². The Balaban J connectivity index is 2.64. The largest absolute Gasteiger partial charge is 0.496 e. The maximum absolute atomic E-state index is 5.76. The molecule has 0 aliphatic rings. The number of rotatable bonds is 7. The van der Waals surface area contributed by atoms with E-state index in [0.717, 1.165) is 25.3 Å². The minimum Gasteiger partial charge on any atom is -0.496 e. The van der Waals surface area contributed by atoms with E-state index in [9.17, 15) is 0 Å². The highest BCUT2D eigenvalue weighted by Crippen LogP contribution is 2.28. The summed E-state index contributed by atoms with van der Waals surface area (Å²) in [7, 11) is 1.73. The predicted molar refractivity (Wildman–Crippen MR) is 80.8 cm³/mol. The Hall–Kier alpha value is -1.10. The Morgan fingerprint density at radius 3 is 2.53 bits per heavy atom. The lowest BCUT2D eigenvalue weighted by Crippen LogP contribution is -2.40. The molecule has 0 bridgehead atoms. The van der Waals surface area contributed by atoms with Gasteiger partial charge in [-0.2, -0.15) is 0 Å². The molecule has 0 aliphatic carbocycles. The predicted octanol–water partition coefficient (Wildman–Crippen LogP) is 1.04. The molecule has 0 aromatic heterocycles. The summed E-state index contributed by atoms with van der Waals surface area (Å²) in [4.78, 5) is 0. The average molecular weight is 265 g/mol. The third-order valence-electron chi connectivity index (χ3n) is 3.62. The first kappa shape index (κ1) is 16.0. The molecule has 0 radical (unpaired) electrons. The van der Waals surface area contributed by atoms with E-state index in [-0.39, 0.29) is 6.04 Å². The third-order valence-corrected chi connectivity index (χ3v) is 3.62. The van der Waals surface area contributed by atoms with Crippen LogP contribution in [0.2, 0.25) is 0 Å². The normalized spacial score (nSPS) is 12.5. The Morgan fingerprint density at radius 2 is 1.95 bits per heavy atom. The van der Waals surface area contributed by atoms with Gasteiger partial charge >= 0.3 is 0 Å². The van der Waals surface area contributed by atoms with E-state index >= 15 is 0 Å². The quantitative estimate of drug-likeness (QED) is 0.644. The van der Waals surface area contributed by atoms with E-state index in [1.165, 1.54) is 22.3 Å². The van der Waals surface area contributed by atoms with Gasteiger partial charge in [0.25, 0.3) is 0 Å². The van der Waals surface area contributed by atoms with Gasteiger partial charge in [0.2, 0.25) is 0 Å². The van der Waals surface area contributed by atoms with Gasteiger partial charge in [-0.1, -0.05) is 6.07 Å². The SMILES string of the molecule is COc1c(C)cc(CCNCC(N)CN)c(C)c1C. The number of hydrogen-bond donors (Lipinski definition) is 3. The van der Waals surface area contributed by atoms with Gasteiger partial charge in [-0.05, 0) is 56.0 Å². The third kappa shape index (κ3) is 4.20. The van der Waals surface area contributed by atoms with E-state index in [2.05, 4.69) is 32.2 Å². The first-order chi connectivity index (χ1) is 9.01. The van der Waals surface area contributed by atoms with Crippen molar-refractivity contribution >= 4 is 0 Å². The summed E-state index contributed by atoms with van der Waals surface area (Å²) in [6.45, 7) is 8.56. The first-order valence-electron chi connectivity index (χ1n) is 6.81. The summed E-state index contributed by atoms with van der Waals surface area (Å²) in [6, 6.07) is 2.26. The number of nitrogens with one attached hydrogen (secondary N) is 1. The number of nitrogens with two attached hydrogens (primary N) is 2. The average Bonchev–Trinajstić information content (AvgIpc) is 2.40. The standard InChI is InChI=1S/C15H27N3O/c1-10-7-13(5-6-18-9-14(17)8-16)11(2)12(3)15(10)19-4/h7,14,18H,5-6,8-9,16-17H2,1-4H3. The number of hydrogen-bond acceptors (Lipinski definition) is 4. The molecule has 0 spiro atoms. The van der Waals surface area contributed by atoms with Crippen LogP contribution in [0.1, 0.15) is 22.3 Å². The Bertz CT molecular complexity index is 418. The fourth-order valence-electron chi connectivity index (χ4n) is 2.31. The first-order valence-corrected chi connectivity index (χ1v) is 6.81. The molecular weight excluding hydrogens is 238 g/mol. The Labute approximate surface area is 116 Å².